The lowest BCUT2D eigenvalue weighted by atomic mass is 9.93. The Hall–Kier alpha value is -3.25. The zero-order valence-corrected chi connectivity index (χ0v) is 29.5. The Kier molecular flexibility index (Phi) is 11.7. The highest BCUT2D eigenvalue weighted by Gasteiger charge is 2.27. The molecule has 2 aromatic rings. The number of unbranched alkanes of at least 4 members (excludes halogenated alkanes) is 1. The third-order valence-electron chi connectivity index (χ3n) is 8.86. The molecule has 2 aromatic carbocycles. The van der Waals surface area contributed by atoms with E-state index in [-0.39, 0.29) is 22.9 Å². The third kappa shape index (κ3) is 7.65. The summed E-state index contributed by atoms with van der Waals surface area (Å²) in [6, 6.07) is 15.5. The Labute approximate surface area is 274 Å². The van der Waals surface area contributed by atoms with Crippen LogP contribution in [0.15, 0.2) is 68.8 Å². The summed E-state index contributed by atoms with van der Waals surface area (Å²) in [7, 11) is -8.90. The van der Waals surface area contributed by atoms with Crippen LogP contribution < -0.4 is 19.6 Å². The predicted octanol–water partition coefficient (Wildman–Crippen LogP) is 6.60. The van der Waals surface area contributed by atoms with E-state index in [1.165, 1.54) is 12.1 Å². The maximum absolute atomic E-state index is 13.4. The number of hydrogen-bond acceptors (Lipinski definition) is 6. The molecule has 1 heterocycles. The van der Waals surface area contributed by atoms with Gasteiger partial charge in [0.05, 0.1) is 11.0 Å². The van der Waals surface area contributed by atoms with Crippen LogP contribution in [-0.4, -0.2) is 54.1 Å². The van der Waals surface area contributed by atoms with Crippen molar-refractivity contribution < 1.29 is 25.8 Å². The van der Waals surface area contributed by atoms with E-state index >= 15 is 0 Å². The van der Waals surface area contributed by atoms with E-state index in [9.17, 15) is 21.4 Å². The summed E-state index contributed by atoms with van der Waals surface area (Å²) in [6.07, 6.45) is 3.74. The maximum Gasteiger partial charge on any atom is 0.295 e. The fraction of sp³-hybridized carbons (Fsp3) is 0.457. The van der Waals surface area contributed by atoms with Gasteiger partial charge in [-0.3, -0.25) is 4.55 Å². The molecule has 46 heavy (non-hydrogen) atoms. The van der Waals surface area contributed by atoms with Crippen molar-refractivity contribution in [3.63, 3.8) is 0 Å². The molecule has 2 N–H and O–H groups in total. The molecule has 1 aliphatic heterocycles. The van der Waals surface area contributed by atoms with Crippen molar-refractivity contribution in [1.29, 1.82) is 0 Å². The van der Waals surface area contributed by atoms with Crippen molar-refractivity contribution in [2.24, 2.45) is 5.92 Å². The highest BCUT2D eigenvalue weighted by atomic mass is 32.2. The zero-order chi connectivity index (χ0) is 33.6. The van der Waals surface area contributed by atoms with Crippen molar-refractivity contribution >= 4 is 36.8 Å². The van der Waals surface area contributed by atoms with Crippen LogP contribution in [0.4, 0.5) is 5.69 Å². The quantitative estimate of drug-likeness (QED) is 0.0831. The van der Waals surface area contributed by atoms with Crippen LogP contribution in [0.1, 0.15) is 67.2 Å². The minimum Gasteiger partial charge on any atom is -0.456 e. The number of anilines is 1. The lowest BCUT2D eigenvalue weighted by molar-refractivity contribution is 0.443. The van der Waals surface area contributed by atoms with Crippen LogP contribution in [-0.2, 0) is 20.1 Å². The largest absolute Gasteiger partial charge is 0.456 e. The SMILES string of the molecule is CCCCC(CC)CNS(=O)(=O)c1ccc(-c2c3ccc(=[N+](CC)CC)cc-3oc3cc(N(CC)CC)ccc23)c(S(=O)(=O)O)c1. The van der Waals surface area contributed by atoms with Crippen molar-refractivity contribution in [2.45, 2.75) is 77.0 Å². The van der Waals surface area contributed by atoms with Gasteiger partial charge in [-0.2, -0.15) is 8.42 Å². The monoisotopic (exact) mass is 670 g/mol. The molecular weight excluding hydrogens is 623 g/mol. The predicted molar refractivity (Wildman–Crippen MR) is 186 cm³/mol. The van der Waals surface area contributed by atoms with Gasteiger partial charge in [0.1, 0.15) is 29.3 Å². The van der Waals surface area contributed by atoms with Gasteiger partial charge in [-0.1, -0.05) is 39.2 Å². The van der Waals surface area contributed by atoms with Gasteiger partial charge in [0.25, 0.3) is 10.1 Å². The van der Waals surface area contributed by atoms with Gasteiger partial charge in [-0.15, -0.1) is 0 Å². The van der Waals surface area contributed by atoms with E-state index in [1.54, 1.807) is 0 Å². The summed E-state index contributed by atoms with van der Waals surface area (Å²) in [4.78, 5) is 1.48. The molecule has 0 saturated heterocycles. The van der Waals surface area contributed by atoms with Crippen LogP contribution >= 0.6 is 0 Å². The van der Waals surface area contributed by atoms with Crippen molar-refractivity contribution in [3.05, 3.63) is 60.0 Å². The summed E-state index contributed by atoms with van der Waals surface area (Å²) in [5, 5.41) is 1.60. The zero-order valence-electron chi connectivity index (χ0n) is 27.8. The van der Waals surface area contributed by atoms with E-state index in [4.69, 9.17) is 4.42 Å². The van der Waals surface area contributed by atoms with Gasteiger partial charge >= 0.3 is 0 Å². The highest BCUT2D eigenvalue weighted by molar-refractivity contribution is 7.89. The number of sulfonamides is 1. The third-order valence-corrected chi connectivity index (χ3v) is 11.2. The molecule has 0 amide bonds. The molecule has 4 rings (SSSR count). The average molecular weight is 671 g/mol. The van der Waals surface area contributed by atoms with Crippen molar-refractivity contribution in [1.82, 2.24) is 9.30 Å². The molecule has 2 aliphatic rings. The van der Waals surface area contributed by atoms with Crippen LogP contribution in [0, 0.1) is 5.92 Å². The van der Waals surface area contributed by atoms with Crippen molar-refractivity contribution in [2.75, 3.05) is 37.6 Å². The molecule has 250 valence electrons. The summed E-state index contributed by atoms with van der Waals surface area (Å²) < 4.78 is 74.5. The Morgan fingerprint density at radius 3 is 2.17 bits per heavy atom. The second-order valence-corrected chi connectivity index (χ2v) is 14.7. The lowest BCUT2D eigenvalue weighted by Gasteiger charge is -2.23. The van der Waals surface area contributed by atoms with Crippen LogP contribution in [0.5, 0.6) is 0 Å². The molecule has 11 heteroatoms. The Balaban J connectivity index is 1.98. The van der Waals surface area contributed by atoms with Gasteiger partial charge < -0.3 is 9.32 Å². The van der Waals surface area contributed by atoms with Crippen LogP contribution in [0.3, 0.4) is 0 Å². The Morgan fingerprint density at radius 1 is 0.870 bits per heavy atom. The number of rotatable bonds is 15. The molecule has 0 bridgehead atoms. The van der Waals surface area contributed by atoms with Gasteiger partial charge in [0.2, 0.25) is 15.4 Å². The Morgan fingerprint density at radius 2 is 1.57 bits per heavy atom. The van der Waals surface area contributed by atoms with Gasteiger partial charge in [0.15, 0.2) is 0 Å². The van der Waals surface area contributed by atoms with Crippen LogP contribution in [0.2, 0.25) is 0 Å². The molecule has 1 aliphatic carbocycles. The maximum atomic E-state index is 13.4. The van der Waals surface area contributed by atoms with Crippen LogP contribution in [0.25, 0.3) is 33.4 Å². The minimum atomic E-state index is -4.85. The molecule has 0 fully saturated rings. The molecule has 1 atom stereocenters. The molecule has 0 spiro atoms. The molecule has 1 unspecified atom stereocenters. The lowest BCUT2D eigenvalue weighted by Crippen LogP contribution is -2.29. The number of fused-ring (bicyclic) bond motifs is 2. The summed E-state index contributed by atoms with van der Waals surface area (Å²) >= 11 is 0. The number of benzene rings is 3. The first kappa shape index (κ1) is 35.6. The molecule has 9 nitrogen and oxygen atoms in total. The second-order valence-electron chi connectivity index (χ2n) is 11.6. The smallest absolute Gasteiger partial charge is 0.295 e. The van der Waals surface area contributed by atoms with Gasteiger partial charge in [-0.05, 0) is 70.4 Å². The first-order valence-corrected chi connectivity index (χ1v) is 19.3. The Bertz CT molecular complexity index is 1920. The van der Waals surface area contributed by atoms with Crippen molar-refractivity contribution in [3.8, 4) is 22.5 Å². The first-order chi connectivity index (χ1) is 21.9. The summed E-state index contributed by atoms with van der Waals surface area (Å²) in [6.45, 7) is 15.8. The fourth-order valence-electron chi connectivity index (χ4n) is 6.07. The van der Waals surface area contributed by atoms with E-state index < -0.39 is 25.0 Å². The first-order valence-electron chi connectivity index (χ1n) is 16.4. The molecule has 0 aromatic heterocycles. The van der Waals surface area contributed by atoms with Gasteiger partial charge in [-0.25, -0.2) is 17.7 Å². The topological polar surface area (TPSA) is 120 Å². The molecular formula is C35H48N3O6S2+. The number of hydrogen-bond donors (Lipinski definition) is 2. The van der Waals surface area contributed by atoms with E-state index in [0.29, 0.717) is 27.9 Å². The average Bonchev–Trinajstić information content (AvgIpc) is 3.04. The summed E-state index contributed by atoms with van der Waals surface area (Å²) in [5.74, 6) is 0.712. The normalized spacial score (nSPS) is 12.9. The minimum absolute atomic E-state index is 0.170. The van der Waals surface area contributed by atoms with E-state index in [1.807, 2.05) is 43.3 Å². The fourth-order valence-corrected chi connectivity index (χ4v) is 8.01. The molecule has 0 radical (unpaired) electrons. The van der Waals surface area contributed by atoms with Gasteiger partial charge in [0, 0.05) is 59.5 Å². The summed E-state index contributed by atoms with van der Waals surface area (Å²) in [5.41, 5.74) is 2.86. The number of nitrogens with one attached hydrogen (secondary N) is 1. The van der Waals surface area contributed by atoms with E-state index in [0.717, 1.165) is 69.0 Å². The molecule has 0 saturated carbocycles. The van der Waals surface area contributed by atoms with E-state index in [2.05, 4.69) is 48.8 Å². The number of nitrogens with zero attached hydrogens (tertiary/aromatic N) is 2. The second kappa shape index (κ2) is 15.1. The standard InChI is InChI=1S/C35H47N3O6S2/c1-7-13-14-25(8-2)24-36-45(39,40)28-17-20-31(34(23-28)46(41,42)43)35-29-18-15-26(37(9-3)10-4)21-32(29)44-33-22-27(16-19-30(33)35)38(11-5)12-6/h15-23,25,36H,7-14,24H2,1-6H3/p+1. The highest BCUT2D eigenvalue weighted by Crippen LogP contribution is 2.43.